The lowest BCUT2D eigenvalue weighted by molar-refractivity contribution is -0.149. The van der Waals surface area contributed by atoms with Gasteiger partial charge in [-0.3, -0.25) is 4.79 Å². The first-order chi connectivity index (χ1) is 16.6. The molecule has 0 radical (unpaired) electrons. The molecule has 1 atom stereocenters. The molecule has 0 amide bonds. The molecule has 2 aromatic carbocycles. The van der Waals surface area contributed by atoms with Gasteiger partial charge in [0.1, 0.15) is 5.82 Å². The van der Waals surface area contributed by atoms with Crippen LogP contribution in [0, 0.1) is 0 Å². The van der Waals surface area contributed by atoms with Gasteiger partial charge in [0, 0.05) is 10.4 Å². The van der Waals surface area contributed by atoms with E-state index in [1.807, 2.05) is 26.0 Å². The molecule has 3 aromatic rings. The minimum Gasteiger partial charge on any atom is -0.493 e. The largest absolute Gasteiger partial charge is 0.493 e. The van der Waals surface area contributed by atoms with Crippen molar-refractivity contribution >= 4 is 54.9 Å². The first kappa shape index (κ1) is 26.9. The minimum absolute atomic E-state index is 0.0236. The Morgan fingerprint density at radius 1 is 1.20 bits per heavy atom. The zero-order valence-corrected chi connectivity index (χ0v) is 23.3. The van der Waals surface area contributed by atoms with E-state index in [4.69, 9.17) is 19.2 Å². The highest BCUT2D eigenvalue weighted by molar-refractivity contribution is 9.10. The summed E-state index contributed by atoms with van der Waals surface area (Å²) in [5.41, 5.74) is 1.03. The van der Waals surface area contributed by atoms with Crippen LogP contribution in [0.25, 0.3) is 10.9 Å². The average molecular weight is 609 g/mol. The van der Waals surface area contributed by atoms with Gasteiger partial charge in [0.2, 0.25) is 0 Å². The van der Waals surface area contributed by atoms with E-state index in [2.05, 4.69) is 37.0 Å². The van der Waals surface area contributed by atoms with Crippen molar-refractivity contribution in [2.24, 2.45) is 5.10 Å². The quantitative estimate of drug-likeness (QED) is 0.230. The second kappa shape index (κ2) is 11.8. The molecular formula is C25H27Br2N3O5. The SMILES string of the molecule is CC[C@H](C)c1nc2ccc(Br)cc2c(=O)n1N=Cc1cc(Br)c(OCC(=O)OC(C)C)c(OC)c1. The van der Waals surface area contributed by atoms with Crippen molar-refractivity contribution in [1.29, 1.82) is 0 Å². The van der Waals surface area contributed by atoms with Crippen molar-refractivity contribution in [3.8, 4) is 11.5 Å². The molecule has 0 aliphatic heterocycles. The van der Waals surface area contributed by atoms with Gasteiger partial charge < -0.3 is 14.2 Å². The number of methoxy groups -OCH3 is 1. The standard InChI is InChI=1S/C25H27Br2N3O5/c1-6-15(4)24-29-20-8-7-17(26)11-18(20)25(32)30(24)28-12-16-9-19(27)23(21(10-16)33-5)34-13-22(31)35-14(2)3/h7-12,14-15H,6,13H2,1-5H3/t15-/m0/s1. The number of halogens is 2. The van der Waals surface area contributed by atoms with Gasteiger partial charge in [-0.05, 0) is 72.1 Å². The third-order valence-electron chi connectivity index (χ3n) is 5.16. The fourth-order valence-corrected chi connectivity index (χ4v) is 4.22. The van der Waals surface area contributed by atoms with E-state index in [0.29, 0.717) is 38.3 Å². The van der Waals surface area contributed by atoms with Gasteiger partial charge in [-0.1, -0.05) is 29.8 Å². The third kappa shape index (κ3) is 6.49. The Morgan fingerprint density at radius 2 is 1.94 bits per heavy atom. The highest BCUT2D eigenvalue weighted by Crippen LogP contribution is 2.36. The molecule has 10 heteroatoms. The predicted molar refractivity (Wildman–Crippen MR) is 143 cm³/mol. The van der Waals surface area contributed by atoms with Gasteiger partial charge in [-0.15, -0.1) is 0 Å². The second-order valence-electron chi connectivity index (χ2n) is 8.16. The van der Waals surface area contributed by atoms with Gasteiger partial charge in [-0.25, -0.2) is 9.78 Å². The second-order valence-corrected chi connectivity index (χ2v) is 9.93. The molecule has 3 rings (SSSR count). The average Bonchev–Trinajstić information content (AvgIpc) is 2.81. The summed E-state index contributed by atoms with van der Waals surface area (Å²) in [7, 11) is 1.50. The molecule has 186 valence electrons. The highest BCUT2D eigenvalue weighted by atomic mass is 79.9. The van der Waals surface area contributed by atoms with E-state index in [1.165, 1.54) is 11.8 Å². The molecule has 1 aromatic heterocycles. The molecular weight excluding hydrogens is 582 g/mol. The van der Waals surface area contributed by atoms with Gasteiger partial charge in [-0.2, -0.15) is 9.78 Å². The first-order valence-electron chi connectivity index (χ1n) is 11.1. The number of fused-ring (bicyclic) bond motifs is 1. The van der Waals surface area contributed by atoms with Crippen molar-refractivity contribution < 1.29 is 19.0 Å². The summed E-state index contributed by atoms with van der Waals surface area (Å²) in [5, 5.41) is 4.96. The number of ether oxygens (including phenoxy) is 3. The van der Waals surface area contributed by atoms with Crippen LogP contribution in [0.4, 0.5) is 0 Å². The summed E-state index contributed by atoms with van der Waals surface area (Å²) in [4.78, 5) is 29.9. The summed E-state index contributed by atoms with van der Waals surface area (Å²) in [6.07, 6.45) is 2.13. The van der Waals surface area contributed by atoms with Gasteiger partial charge in [0.05, 0.1) is 34.8 Å². The Hall–Kier alpha value is -2.72. The molecule has 0 N–H and O–H groups in total. The monoisotopic (exact) mass is 607 g/mol. The van der Waals surface area contributed by atoms with Crippen molar-refractivity contribution in [3.05, 3.63) is 61.0 Å². The summed E-state index contributed by atoms with van der Waals surface area (Å²) < 4.78 is 18.9. The normalized spacial score (nSPS) is 12.3. The number of rotatable bonds is 9. The van der Waals surface area contributed by atoms with Crippen LogP contribution in [0.2, 0.25) is 0 Å². The maximum atomic E-state index is 13.3. The van der Waals surface area contributed by atoms with Crippen molar-refractivity contribution in [2.75, 3.05) is 13.7 Å². The molecule has 0 aliphatic carbocycles. The maximum Gasteiger partial charge on any atom is 0.344 e. The zero-order chi connectivity index (χ0) is 25.7. The number of carbonyl (C=O) groups is 1. The van der Waals surface area contributed by atoms with Crippen molar-refractivity contribution in [2.45, 2.75) is 46.1 Å². The van der Waals surface area contributed by atoms with Crippen LogP contribution in [0.5, 0.6) is 11.5 Å². The number of hydrogen-bond acceptors (Lipinski definition) is 7. The number of carbonyl (C=O) groups excluding carboxylic acids is 1. The van der Waals surface area contributed by atoms with Crippen LogP contribution in [-0.2, 0) is 9.53 Å². The number of benzene rings is 2. The Labute approximate surface area is 220 Å². The predicted octanol–water partition coefficient (Wildman–Crippen LogP) is 5.66. The third-order valence-corrected chi connectivity index (χ3v) is 6.24. The van der Waals surface area contributed by atoms with Crippen LogP contribution in [0.3, 0.4) is 0 Å². The minimum atomic E-state index is -0.480. The van der Waals surface area contributed by atoms with Crippen LogP contribution in [-0.4, -0.2) is 41.7 Å². The smallest absolute Gasteiger partial charge is 0.344 e. The summed E-state index contributed by atoms with van der Waals surface area (Å²) >= 11 is 6.88. The number of hydrogen-bond donors (Lipinski definition) is 0. The molecule has 0 aliphatic rings. The molecule has 0 saturated heterocycles. The van der Waals surface area contributed by atoms with Gasteiger partial charge >= 0.3 is 5.97 Å². The molecule has 0 bridgehead atoms. The van der Waals surface area contributed by atoms with Crippen molar-refractivity contribution in [1.82, 2.24) is 9.66 Å². The molecule has 35 heavy (non-hydrogen) atoms. The molecule has 0 spiro atoms. The zero-order valence-electron chi connectivity index (χ0n) is 20.2. The van der Waals surface area contributed by atoms with E-state index in [1.54, 1.807) is 38.3 Å². The number of nitrogens with zero attached hydrogens (tertiary/aromatic N) is 3. The summed E-state index contributed by atoms with van der Waals surface area (Å²) in [6, 6.07) is 8.88. The Kier molecular flexibility index (Phi) is 9.07. The highest BCUT2D eigenvalue weighted by Gasteiger charge is 2.17. The lowest BCUT2D eigenvalue weighted by Gasteiger charge is -2.15. The Bertz CT molecular complexity index is 1320. The topological polar surface area (TPSA) is 92.0 Å². The van der Waals surface area contributed by atoms with Crippen LogP contribution >= 0.6 is 31.9 Å². The molecule has 1 heterocycles. The van der Waals surface area contributed by atoms with Gasteiger partial charge in [0.25, 0.3) is 5.56 Å². The van der Waals surface area contributed by atoms with E-state index < -0.39 is 5.97 Å². The lowest BCUT2D eigenvalue weighted by atomic mass is 10.1. The lowest BCUT2D eigenvalue weighted by Crippen LogP contribution is -2.23. The van der Waals surface area contributed by atoms with E-state index >= 15 is 0 Å². The van der Waals surface area contributed by atoms with Crippen LogP contribution in [0.1, 0.15) is 51.4 Å². The first-order valence-corrected chi connectivity index (χ1v) is 12.7. The Balaban J connectivity index is 1.99. The van der Waals surface area contributed by atoms with Gasteiger partial charge in [0.15, 0.2) is 18.1 Å². The Morgan fingerprint density at radius 3 is 2.60 bits per heavy atom. The fraction of sp³-hybridized carbons (Fsp3) is 0.360. The molecule has 8 nitrogen and oxygen atoms in total. The number of esters is 1. The molecule has 0 unspecified atom stereocenters. The summed E-state index contributed by atoms with van der Waals surface area (Å²) in [5.74, 6) is 0.883. The van der Waals surface area contributed by atoms with E-state index in [9.17, 15) is 9.59 Å². The number of aromatic nitrogens is 2. The van der Waals surface area contributed by atoms with E-state index in [0.717, 1.165) is 10.9 Å². The molecule has 0 fully saturated rings. The van der Waals surface area contributed by atoms with E-state index in [-0.39, 0.29) is 24.2 Å². The van der Waals surface area contributed by atoms with Crippen LogP contribution < -0.4 is 15.0 Å². The summed E-state index contributed by atoms with van der Waals surface area (Å²) in [6.45, 7) is 7.32. The maximum absolute atomic E-state index is 13.3. The van der Waals surface area contributed by atoms with Crippen LogP contribution in [0.15, 0.2) is 49.2 Å². The molecule has 0 saturated carbocycles. The fourth-order valence-electron chi connectivity index (χ4n) is 3.29. The van der Waals surface area contributed by atoms with Crippen molar-refractivity contribution in [3.63, 3.8) is 0 Å².